The van der Waals surface area contributed by atoms with E-state index in [1.807, 2.05) is 0 Å². The minimum atomic E-state index is 0.511. The Morgan fingerprint density at radius 3 is 1.33 bits per heavy atom. The van der Waals surface area contributed by atoms with Crippen molar-refractivity contribution < 1.29 is 4.48 Å². The van der Waals surface area contributed by atoms with Gasteiger partial charge in [-0.05, 0) is 19.8 Å². The van der Waals surface area contributed by atoms with Crippen LogP contribution in [0.5, 0.6) is 0 Å². The lowest BCUT2D eigenvalue weighted by Crippen LogP contribution is -2.55. The highest BCUT2D eigenvalue weighted by Gasteiger charge is 2.36. The average Bonchev–Trinajstić information content (AvgIpc) is 2.14. The van der Waals surface area contributed by atoms with Gasteiger partial charge in [-0.2, -0.15) is 0 Å². The van der Waals surface area contributed by atoms with E-state index in [0.29, 0.717) is 5.54 Å². The molecular formula is C14H30N+. The van der Waals surface area contributed by atoms with Crippen molar-refractivity contribution in [3.8, 4) is 0 Å². The predicted molar refractivity (Wildman–Crippen MR) is 68.0 cm³/mol. The first-order valence-corrected chi connectivity index (χ1v) is 6.77. The quantitative estimate of drug-likeness (QED) is 0.577. The number of hydrogen-bond donors (Lipinski definition) is 0. The maximum atomic E-state index is 2.49. The van der Waals surface area contributed by atoms with Crippen LogP contribution in [0.15, 0.2) is 0 Å². The second-order valence-electron chi connectivity index (χ2n) is 6.48. The molecule has 0 aromatic rings. The maximum absolute atomic E-state index is 2.49. The van der Waals surface area contributed by atoms with E-state index in [1.165, 1.54) is 57.8 Å². The molecule has 15 heavy (non-hydrogen) atoms. The summed E-state index contributed by atoms with van der Waals surface area (Å²) in [7, 11) is 7.10. The normalized spacial score (nSPS) is 24.8. The van der Waals surface area contributed by atoms with Gasteiger partial charge in [0.2, 0.25) is 0 Å². The zero-order valence-electron chi connectivity index (χ0n) is 11.3. The lowest BCUT2D eigenvalue weighted by Gasteiger charge is -2.44. The van der Waals surface area contributed by atoms with Crippen LogP contribution in [0.3, 0.4) is 0 Å². The van der Waals surface area contributed by atoms with Gasteiger partial charge in [-0.3, -0.25) is 0 Å². The summed E-state index contributed by atoms with van der Waals surface area (Å²) in [6, 6.07) is 0. The molecule has 0 radical (unpaired) electrons. The third kappa shape index (κ3) is 3.79. The molecule has 0 spiro atoms. The van der Waals surface area contributed by atoms with Crippen molar-refractivity contribution in [2.45, 2.75) is 70.3 Å². The van der Waals surface area contributed by atoms with Crippen molar-refractivity contribution in [3.05, 3.63) is 0 Å². The van der Waals surface area contributed by atoms with Crippen molar-refractivity contribution in [1.82, 2.24) is 0 Å². The lowest BCUT2D eigenvalue weighted by atomic mass is 9.84. The summed E-state index contributed by atoms with van der Waals surface area (Å²) < 4.78 is 1.13. The van der Waals surface area contributed by atoms with Crippen LogP contribution in [0.4, 0.5) is 0 Å². The average molecular weight is 212 g/mol. The minimum Gasteiger partial charge on any atom is -0.326 e. The highest BCUT2D eigenvalue weighted by atomic mass is 15.3. The number of quaternary nitrogens is 1. The Morgan fingerprint density at radius 1 is 0.667 bits per heavy atom. The molecule has 0 heterocycles. The molecule has 1 heteroatoms. The van der Waals surface area contributed by atoms with E-state index < -0.39 is 0 Å². The number of nitrogens with zero attached hydrogens (tertiary/aromatic N) is 1. The van der Waals surface area contributed by atoms with Crippen molar-refractivity contribution in [2.24, 2.45) is 0 Å². The Labute approximate surface area is 96.4 Å². The topological polar surface area (TPSA) is 0 Å². The Bertz CT molecular complexity index is 168. The van der Waals surface area contributed by atoms with E-state index in [9.17, 15) is 0 Å². The van der Waals surface area contributed by atoms with E-state index >= 15 is 0 Å². The van der Waals surface area contributed by atoms with Crippen LogP contribution >= 0.6 is 0 Å². The standard InChI is InChI=1S/C14H30N/c1-14(15(2,3)4)12-10-8-6-5-7-9-11-13-14/h5-13H2,1-4H3/q+1. The van der Waals surface area contributed by atoms with E-state index in [4.69, 9.17) is 0 Å². The molecule has 0 bridgehead atoms. The van der Waals surface area contributed by atoms with Gasteiger partial charge in [0.05, 0.1) is 26.7 Å². The number of rotatable bonds is 1. The molecule has 1 fully saturated rings. The molecular weight excluding hydrogens is 182 g/mol. The minimum absolute atomic E-state index is 0.511. The Hall–Kier alpha value is -0.0400. The summed E-state index contributed by atoms with van der Waals surface area (Å²) in [5.74, 6) is 0. The highest BCUT2D eigenvalue weighted by Crippen LogP contribution is 2.32. The highest BCUT2D eigenvalue weighted by molar-refractivity contribution is 4.76. The molecule has 0 aromatic heterocycles. The molecule has 0 aliphatic heterocycles. The van der Waals surface area contributed by atoms with E-state index in [0.717, 1.165) is 4.48 Å². The fraction of sp³-hybridized carbons (Fsp3) is 1.00. The molecule has 1 aliphatic rings. The third-order valence-electron chi connectivity index (χ3n) is 4.55. The summed E-state index contributed by atoms with van der Waals surface area (Å²) in [4.78, 5) is 0. The van der Waals surface area contributed by atoms with Gasteiger partial charge in [0.25, 0.3) is 0 Å². The van der Waals surface area contributed by atoms with E-state index in [1.54, 1.807) is 0 Å². The Morgan fingerprint density at radius 2 is 1.00 bits per heavy atom. The van der Waals surface area contributed by atoms with Gasteiger partial charge in [-0.25, -0.2) is 0 Å². The summed E-state index contributed by atoms with van der Waals surface area (Å²) in [5.41, 5.74) is 0.511. The molecule has 90 valence electrons. The van der Waals surface area contributed by atoms with Crippen molar-refractivity contribution >= 4 is 0 Å². The monoisotopic (exact) mass is 212 g/mol. The summed E-state index contributed by atoms with van der Waals surface area (Å²) in [6.45, 7) is 2.49. The van der Waals surface area contributed by atoms with Crippen molar-refractivity contribution in [1.29, 1.82) is 0 Å². The van der Waals surface area contributed by atoms with Crippen LogP contribution in [0.1, 0.15) is 64.7 Å². The summed E-state index contributed by atoms with van der Waals surface area (Å²) >= 11 is 0. The van der Waals surface area contributed by atoms with Gasteiger partial charge < -0.3 is 4.48 Å². The van der Waals surface area contributed by atoms with Crippen LogP contribution in [0.2, 0.25) is 0 Å². The van der Waals surface area contributed by atoms with Crippen molar-refractivity contribution in [3.63, 3.8) is 0 Å². The van der Waals surface area contributed by atoms with Gasteiger partial charge in [0, 0.05) is 12.8 Å². The molecule has 0 aromatic carbocycles. The molecule has 0 atom stereocenters. The SMILES string of the molecule is CC1([N+](C)(C)C)CCCCCCCCC1. The molecule has 0 amide bonds. The first-order valence-electron chi connectivity index (χ1n) is 6.77. The molecule has 0 unspecified atom stereocenters. The largest absolute Gasteiger partial charge is 0.326 e. The fourth-order valence-electron chi connectivity index (χ4n) is 2.69. The zero-order chi connectivity index (χ0) is 11.4. The summed E-state index contributed by atoms with van der Waals surface area (Å²) in [6.07, 6.45) is 13.0. The summed E-state index contributed by atoms with van der Waals surface area (Å²) in [5, 5.41) is 0. The van der Waals surface area contributed by atoms with Gasteiger partial charge >= 0.3 is 0 Å². The molecule has 1 saturated carbocycles. The number of hydrogen-bond acceptors (Lipinski definition) is 0. The second-order valence-corrected chi connectivity index (χ2v) is 6.48. The molecule has 1 aliphatic carbocycles. The second kappa shape index (κ2) is 5.34. The van der Waals surface area contributed by atoms with Gasteiger partial charge in [0.15, 0.2) is 0 Å². The van der Waals surface area contributed by atoms with Gasteiger partial charge in [-0.15, -0.1) is 0 Å². The zero-order valence-corrected chi connectivity index (χ0v) is 11.3. The fourth-order valence-corrected chi connectivity index (χ4v) is 2.69. The predicted octanol–water partition coefficient (Wildman–Crippen LogP) is 3.98. The molecule has 1 rings (SSSR count). The molecule has 1 nitrogen and oxygen atoms in total. The smallest absolute Gasteiger partial charge is 0.0957 e. The maximum Gasteiger partial charge on any atom is 0.0957 e. The Kier molecular flexibility index (Phi) is 4.64. The van der Waals surface area contributed by atoms with Crippen LogP contribution in [0, 0.1) is 0 Å². The van der Waals surface area contributed by atoms with Crippen LogP contribution in [0.25, 0.3) is 0 Å². The van der Waals surface area contributed by atoms with Crippen LogP contribution in [-0.2, 0) is 0 Å². The van der Waals surface area contributed by atoms with Gasteiger partial charge in [-0.1, -0.05) is 32.1 Å². The van der Waals surface area contributed by atoms with E-state index in [2.05, 4.69) is 28.1 Å². The van der Waals surface area contributed by atoms with Crippen LogP contribution in [-0.4, -0.2) is 31.2 Å². The first kappa shape index (κ1) is 13.0. The van der Waals surface area contributed by atoms with E-state index in [-0.39, 0.29) is 0 Å². The Balaban J connectivity index is 2.58. The van der Waals surface area contributed by atoms with Gasteiger partial charge in [0.1, 0.15) is 0 Å². The lowest BCUT2D eigenvalue weighted by molar-refractivity contribution is -0.923. The van der Waals surface area contributed by atoms with Crippen molar-refractivity contribution in [2.75, 3.05) is 21.1 Å². The van der Waals surface area contributed by atoms with Crippen LogP contribution < -0.4 is 0 Å². The molecule has 0 N–H and O–H groups in total. The third-order valence-corrected chi connectivity index (χ3v) is 4.55. The molecule has 0 saturated heterocycles. The first-order chi connectivity index (χ1) is 6.96.